The minimum Gasteiger partial charge on any atom is -0.399 e. The Kier molecular flexibility index (Phi) is 4.73. The van der Waals surface area contributed by atoms with Gasteiger partial charge < -0.3 is 5.73 Å². The lowest BCUT2D eigenvalue weighted by Crippen LogP contribution is -2.18. The highest BCUT2D eigenvalue weighted by Crippen LogP contribution is 2.11. The van der Waals surface area contributed by atoms with E-state index in [0.717, 1.165) is 5.56 Å². The third-order valence-electron chi connectivity index (χ3n) is 2.61. The quantitative estimate of drug-likeness (QED) is 0.504. The van der Waals surface area contributed by atoms with Gasteiger partial charge in [-0.15, -0.1) is 0 Å². The minimum atomic E-state index is -3.66. The van der Waals surface area contributed by atoms with Crippen molar-refractivity contribution in [1.82, 2.24) is 4.83 Å². The molecule has 0 aliphatic carbocycles. The van der Waals surface area contributed by atoms with Crippen molar-refractivity contribution < 1.29 is 8.42 Å². The summed E-state index contributed by atoms with van der Waals surface area (Å²) in [6.45, 7) is 0. The fourth-order valence-electron chi connectivity index (χ4n) is 1.56. The minimum absolute atomic E-state index is 0.112. The molecule has 0 radical (unpaired) electrons. The summed E-state index contributed by atoms with van der Waals surface area (Å²) in [4.78, 5) is 2.24. The first-order valence-corrected chi connectivity index (χ1v) is 7.68. The fraction of sp³-hybridized carbons (Fsp3) is 0. The van der Waals surface area contributed by atoms with E-state index in [1.165, 1.54) is 30.5 Å². The Labute approximate surface area is 123 Å². The van der Waals surface area contributed by atoms with Gasteiger partial charge in [-0.25, -0.2) is 4.83 Å². The summed E-state index contributed by atoms with van der Waals surface area (Å²) in [5.41, 5.74) is 7.02. The van der Waals surface area contributed by atoms with Crippen LogP contribution in [0.15, 0.2) is 70.7 Å². The molecule has 0 aliphatic heterocycles. The van der Waals surface area contributed by atoms with E-state index in [-0.39, 0.29) is 4.90 Å². The van der Waals surface area contributed by atoms with E-state index in [4.69, 9.17) is 5.73 Å². The van der Waals surface area contributed by atoms with Gasteiger partial charge in [-0.05, 0) is 35.9 Å². The molecule has 0 aliphatic rings. The van der Waals surface area contributed by atoms with Gasteiger partial charge in [0.05, 0.1) is 4.90 Å². The van der Waals surface area contributed by atoms with Crippen LogP contribution in [0, 0.1) is 0 Å². The topological polar surface area (TPSA) is 84.5 Å². The van der Waals surface area contributed by atoms with E-state index in [9.17, 15) is 8.42 Å². The second-order valence-corrected chi connectivity index (χ2v) is 5.87. The maximum atomic E-state index is 11.9. The molecule has 0 heterocycles. The van der Waals surface area contributed by atoms with Crippen LogP contribution in [0.4, 0.5) is 5.69 Å². The molecule has 0 atom stereocenters. The molecule has 2 aromatic carbocycles. The van der Waals surface area contributed by atoms with Crippen molar-refractivity contribution in [3.63, 3.8) is 0 Å². The monoisotopic (exact) mass is 301 g/mol. The molecular formula is C15H15N3O2S. The SMILES string of the molecule is Nc1ccc(S(=O)(=O)NN=CC=Cc2ccccc2)cc1. The second-order valence-electron chi connectivity index (χ2n) is 4.21. The first kappa shape index (κ1) is 14.8. The zero-order chi connectivity index (χ0) is 15.1. The van der Waals surface area contributed by atoms with Gasteiger partial charge in [0.25, 0.3) is 10.0 Å². The summed E-state index contributed by atoms with van der Waals surface area (Å²) in [5.74, 6) is 0. The fourth-order valence-corrected chi connectivity index (χ4v) is 2.36. The molecule has 0 aromatic heterocycles. The number of nitrogen functional groups attached to an aromatic ring is 1. The molecule has 0 saturated heterocycles. The average molecular weight is 301 g/mol. The summed E-state index contributed by atoms with van der Waals surface area (Å²) < 4.78 is 23.8. The number of rotatable bonds is 5. The standard InChI is InChI=1S/C15H15N3O2S/c16-14-8-10-15(11-9-14)21(19,20)18-17-12-4-7-13-5-2-1-3-6-13/h1-12,18H,16H2. The summed E-state index contributed by atoms with van der Waals surface area (Å²) >= 11 is 0. The van der Waals surface area contributed by atoms with Crippen LogP contribution in [-0.2, 0) is 10.0 Å². The first-order chi connectivity index (χ1) is 10.1. The Morgan fingerprint density at radius 3 is 2.33 bits per heavy atom. The molecule has 0 unspecified atom stereocenters. The molecular weight excluding hydrogens is 286 g/mol. The van der Waals surface area contributed by atoms with Crippen molar-refractivity contribution in [3.05, 3.63) is 66.2 Å². The van der Waals surface area contributed by atoms with Gasteiger partial charge in [-0.3, -0.25) is 0 Å². The van der Waals surface area contributed by atoms with Crippen molar-refractivity contribution in [3.8, 4) is 0 Å². The lowest BCUT2D eigenvalue weighted by atomic mass is 10.2. The number of hydrazone groups is 1. The molecule has 5 nitrogen and oxygen atoms in total. The van der Waals surface area contributed by atoms with Crippen LogP contribution in [0.5, 0.6) is 0 Å². The molecule has 108 valence electrons. The van der Waals surface area contributed by atoms with Crippen molar-refractivity contribution >= 4 is 28.0 Å². The summed E-state index contributed by atoms with van der Waals surface area (Å²) in [6, 6.07) is 15.5. The largest absolute Gasteiger partial charge is 0.399 e. The predicted molar refractivity (Wildman–Crippen MR) is 85.1 cm³/mol. The molecule has 0 fully saturated rings. The highest BCUT2D eigenvalue weighted by atomic mass is 32.2. The van der Waals surface area contributed by atoms with Gasteiger partial charge in [-0.1, -0.05) is 36.4 Å². The molecule has 0 bridgehead atoms. The van der Waals surface area contributed by atoms with Crippen molar-refractivity contribution in [2.45, 2.75) is 4.90 Å². The van der Waals surface area contributed by atoms with E-state index in [1.807, 2.05) is 36.4 Å². The number of anilines is 1. The Morgan fingerprint density at radius 1 is 1.00 bits per heavy atom. The number of hydrogen-bond acceptors (Lipinski definition) is 4. The second kappa shape index (κ2) is 6.71. The number of nitrogens with two attached hydrogens (primary N) is 1. The maximum absolute atomic E-state index is 11.9. The predicted octanol–water partition coefficient (Wildman–Crippen LogP) is 2.25. The smallest absolute Gasteiger partial charge is 0.276 e. The molecule has 21 heavy (non-hydrogen) atoms. The Hall–Kier alpha value is -2.60. The van der Waals surface area contributed by atoms with Gasteiger partial charge in [0.2, 0.25) is 0 Å². The Morgan fingerprint density at radius 2 is 1.67 bits per heavy atom. The summed E-state index contributed by atoms with van der Waals surface area (Å²) in [5, 5.41) is 3.68. The lowest BCUT2D eigenvalue weighted by Gasteiger charge is -2.02. The number of nitrogens with one attached hydrogen (secondary N) is 1. The normalized spacial score (nSPS) is 12.0. The van der Waals surface area contributed by atoms with Crippen LogP contribution in [0.1, 0.15) is 5.56 Å². The van der Waals surface area contributed by atoms with Gasteiger partial charge in [-0.2, -0.15) is 13.5 Å². The van der Waals surface area contributed by atoms with E-state index in [2.05, 4.69) is 9.93 Å². The molecule has 2 rings (SSSR count). The van der Waals surface area contributed by atoms with Gasteiger partial charge in [0, 0.05) is 11.9 Å². The molecule has 3 N–H and O–H groups in total. The molecule has 0 saturated carbocycles. The summed E-state index contributed by atoms with van der Waals surface area (Å²) in [6.07, 6.45) is 4.85. The van der Waals surface area contributed by atoms with Crippen LogP contribution in [0.2, 0.25) is 0 Å². The van der Waals surface area contributed by atoms with Gasteiger partial charge in [0.15, 0.2) is 0 Å². The van der Waals surface area contributed by atoms with Gasteiger partial charge in [0.1, 0.15) is 0 Å². The van der Waals surface area contributed by atoms with Crippen molar-refractivity contribution in [1.29, 1.82) is 0 Å². The highest BCUT2D eigenvalue weighted by Gasteiger charge is 2.11. The molecule has 0 amide bonds. The zero-order valence-corrected chi connectivity index (χ0v) is 12.0. The van der Waals surface area contributed by atoms with Crippen molar-refractivity contribution in [2.24, 2.45) is 5.10 Å². The van der Waals surface area contributed by atoms with E-state index in [1.54, 1.807) is 6.08 Å². The van der Waals surface area contributed by atoms with Crippen LogP contribution in [0.3, 0.4) is 0 Å². The number of benzene rings is 2. The number of hydrogen-bond donors (Lipinski definition) is 2. The third-order valence-corrected chi connectivity index (χ3v) is 3.85. The number of allylic oxidation sites excluding steroid dienone is 1. The highest BCUT2D eigenvalue weighted by molar-refractivity contribution is 7.89. The van der Waals surface area contributed by atoms with E-state index >= 15 is 0 Å². The van der Waals surface area contributed by atoms with Crippen molar-refractivity contribution in [2.75, 3.05) is 5.73 Å². The maximum Gasteiger partial charge on any atom is 0.276 e. The van der Waals surface area contributed by atoms with Crippen LogP contribution < -0.4 is 10.6 Å². The van der Waals surface area contributed by atoms with Crippen LogP contribution in [0.25, 0.3) is 6.08 Å². The Bertz CT molecular complexity index is 736. The molecule has 2 aromatic rings. The third kappa shape index (κ3) is 4.47. The van der Waals surface area contributed by atoms with E-state index in [0.29, 0.717) is 5.69 Å². The zero-order valence-electron chi connectivity index (χ0n) is 11.2. The summed E-state index contributed by atoms with van der Waals surface area (Å²) in [7, 11) is -3.66. The number of nitrogens with zero attached hydrogens (tertiary/aromatic N) is 1. The Balaban J connectivity index is 1.97. The van der Waals surface area contributed by atoms with E-state index < -0.39 is 10.0 Å². The van der Waals surface area contributed by atoms with Crippen LogP contribution >= 0.6 is 0 Å². The van der Waals surface area contributed by atoms with Crippen LogP contribution in [-0.4, -0.2) is 14.6 Å². The number of sulfonamides is 1. The molecule has 6 heteroatoms. The average Bonchev–Trinajstić information content (AvgIpc) is 2.48. The lowest BCUT2D eigenvalue weighted by molar-refractivity contribution is 0.584. The van der Waals surface area contributed by atoms with Gasteiger partial charge >= 0.3 is 0 Å². The first-order valence-electron chi connectivity index (χ1n) is 6.20. The molecule has 0 spiro atoms.